The third kappa shape index (κ3) is 8.49. The maximum atomic E-state index is 11.6. The van der Waals surface area contributed by atoms with Crippen LogP contribution in [0.2, 0.25) is 0 Å². The summed E-state index contributed by atoms with van der Waals surface area (Å²) in [5.41, 5.74) is 1.76. The van der Waals surface area contributed by atoms with Crippen molar-refractivity contribution in [2.24, 2.45) is 10.9 Å². The molecule has 0 radical (unpaired) electrons. The van der Waals surface area contributed by atoms with Crippen molar-refractivity contribution in [3.05, 3.63) is 35.4 Å². The van der Waals surface area contributed by atoms with E-state index in [9.17, 15) is 4.79 Å². The van der Waals surface area contributed by atoms with Crippen LogP contribution in [-0.4, -0.2) is 50.3 Å². The van der Waals surface area contributed by atoms with E-state index in [-0.39, 0.29) is 42.4 Å². The summed E-state index contributed by atoms with van der Waals surface area (Å²) in [5, 5.41) is 18.1. The molecule has 1 amide bonds. The van der Waals surface area contributed by atoms with Gasteiger partial charge in [-0.05, 0) is 37.0 Å². The van der Waals surface area contributed by atoms with Gasteiger partial charge in [0.25, 0.3) is 5.91 Å². The van der Waals surface area contributed by atoms with Crippen molar-refractivity contribution >= 4 is 35.8 Å². The number of aliphatic imine (C=N–C) groups is 1. The predicted octanol–water partition coefficient (Wildman–Crippen LogP) is 1.39. The van der Waals surface area contributed by atoms with Gasteiger partial charge in [0.1, 0.15) is 0 Å². The maximum absolute atomic E-state index is 11.6. The van der Waals surface area contributed by atoms with E-state index in [1.165, 1.54) is 0 Å². The average Bonchev–Trinajstić information content (AvgIpc) is 2.58. The van der Waals surface area contributed by atoms with Crippen LogP contribution in [0, 0.1) is 5.92 Å². The van der Waals surface area contributed by atoms with Gasteiger partial charge in [0.15, 0.2) is 5.96 Å². The fourth-order valence-electron chi connectivity index (χ4n) is 1.98. The minimum Gasteiger partial charge on any atom is -0.396 e. The molecule has 0 aliphatic carbocycles. The van der Waals surface area contributed by atoms with Gasteiger partial charge < -0.3 is 21.1 Å². The van der Waals surface area contributed by atoms with Crippen molar-refractivity contribution in [1.82, 2.24) is 16.0 Å². The van der Waals surface area contributed by atoms with Crippen LogP contribution in [0.25, 0.3) is 0 Å². The molecular weight excluding hydrogens is 419 g/mol. The average molecular weight is 448 g/mol. The molecule has 136 valence electrons. The van der Waals surface area contributed by atoms with E-state index in [2.05, 4.69) is 20.9 Å². The number of amides is 1. The van der Waals surface area contributed by atoms with Crippen molar-refractivity contribution in [3.8, 4) is 0 Å². The van der Waals surface area contributed by atoms with Gasteiger partial charge in [-0.15, -0.1) is 24.0 Å². The molecular formula is C17H29IN4O2. The highest BCUT2D eigenvalue weighted by molar-refractivity contribution is 14.0. The minimum absolute atomic E-state index is 0. The summed E-state index contributed by atoms with van der Waals surface area (Å²) in [4.78, 5) is 16.1. The molecule has 0 saturated carbocycles. The van der Waals surface area contributed by atoms with Gasteiger partial charge in [0.2, 0.25) is 0 Å². The third-order valence-corrected chi connectivity index (χ3v) is 3.34. The second-order valence-electron chi connectivity index (χ2n) is 5.46. The van der Waals surface area contributed by atoms with Gasteiger partial charge in [-0.25, -0.2) is 0 Å². The molecule has 6 nitrogen and oxygen atoms in total. The number of aliphatic hydroxyl groups excluding tert-OH is 1. The summed E-state index contributed by atoms with van der Waals surface area (Å²) in [5.74, 6) is 0.817. The first-order chi connectivity index (χ1) is 11.1. The smallest absolute Gasteiger partial charge is 0.251 e. The fraction of sp³-hybridized carbons (Fsp3) is 0.529. The van der Waals surface area contributed by atoms with Crippen LogP contribution >= 0.6 is 24.0 Å². The highest BCUT2D eigenvalue weighted by atomic mass is 127. The zero-order chi connectivity index (χ0) is 17.1. The van der Waals surface area contributed by atoms with Gasteiger partial charge in [-0.1, -0.05) is 19.1 Å². The zero-order valence-corrected chi connectivity index (χ0v) is 17.0. The van der Waals surface area contributed by atoms with Crippen molar-refractivity contribution in [3.63, 3.8) is 0 Å². The molecule has 0 spiro atoms. The van der Waals surface area contributed by atoms with Crippen LogP contribution in [0.1, 0.15) is 29.8 Å². The topological polar surface area (TPSA) is 85.8 Å². The molecule has 4 N–H and O–H groups in total. The molecule has 0 aromatic heterocycles. The van der Waals surface area contributed by atoms with E-state index in [1.807, 2.05) is 32.0 Å². The Bertz CT molecular complexity index is 523. The lowest BCUT2D eigenvalue weighted by atomic mass is 10.1. The first-order valence-electron chi connectivity index (χ1n) is 8.04. The quantitative estimate of drug-likeness (QED) is 0.275. The molecule has 1 atom stereocenters. The molecule has 0 heterocycles. The Morgan fingerprint density at radius 2 is 2.08 bits per heavy atom. The van der Waals surface area contributed by atoms with Crippen molar-refractivity contribution in [2.45, 2.75) is 20.3 Å². The summed E-state index contributed by atoms with van der Waals surface area (Å²) in [7, 11) is 1.63. The highest BCUT2D eigenvalue weighted by Crippen LogP contribution is 2.05. The first-order valence-corrected chi connectivity index (χ1v) is 8.04. The number of benzene rings is 1. The molecule has 1 unspecified atom stereocenters. The van der Waals surface area contributed by atoms with Crippen LogP contribution in [-0.2, 0) is 6.42 Å². The summed E-state index contributed by atoms with van der Waals surface area (Å²) in [6, 6.07) is 7.60. The standard InChI is InChI=1S/C17H28N4O2.HI/c1-4-19-17(21-11-13(2)12-22)20-9-8-14-6-5-7-15(10-14)16(23)18-3;/h5-7,10,13,22H,4,8-9,11-12H2,1-3H3,(H,18,23)(H2,19,20,21);1H. The summed E-state index contributed by atoms with van der Waals surface area (Å²) in [6.07, 6.45) is 0.796. The Labute approximate surface area is 161 Å². The number of hydrogen-bond acceptors (Lipinski definition) is 3. The maximum Gasteiger partial charge on any atom is 0.251 e. The number of hydrogen-bond donors (Lipinski definition) is 4. The van der Waals surface area contributed by atoms with Gasteiger partial charge in [0, 0.05) is 38.9 Å². The third-order valence-electron chi connectivity index (χ3n) is 3.34. The van der Waals surface area contributed by atoms with Crippen molar-refractivity contribution < 1.29 is 9.90 Å². The van der Waals surface area contributed by atoms with Crippen molar-refractivity contribution in [2.75, 3.05) is 33.3 Å². The lowest BCUT2D eigenvalue weighted by molar-refractivity contribution is 0.0963. The van der Waals surface area contributed by atoms with Crippen LogP contribution in [0.3, 0.4) is 0 Å². The first kappa shape index (κ1) is 22.6. The fourth-order valence-corrected chi connectivity index (χ4v) is 1.98. The van der Waals surface area contributed by atoms with Gasteiger partial charge in [0.05, 0.1) is 0 Å². The van der Waals surface area contributed by atoms with E-state index in [4.69, 9.17) is 5.11 Å². The highest BCUT2D eigenvalue weighted by Gasteiger charge is 2.04. The van der Waals surface area contributed by atoms with E-state index in [0.29, 0.717) is 12.1 Å². The van der Waals surface area contributed by atoms with Gasteiger partial charge >= 0.3 is 0 Å². The van der Waals surface area contributed by atoms with Crippen LogP contribution < -0.4 is 16.0 Å². The monoisotopic (exact) mass is 448 g/mol. The van der Waals surface area contributed by atoms with Crippen molar-refractivity contribution in [1.29, 1.82) is 0 Å². The molecule has 0 bridgehead atoms. The van der Waals surface area contributed by atoms with E-state index in [0.717, 1.165) is 31.0 Å². The Morgan fingerprint density at radius 1 is 1.33 bits per heavy atom. The Morgan fingerprint density at radius 3 is 2.71 bits per heavy atom. The molecule has 0 fully saturated rings. The number of nitrogens with zero attached hydrogens (tertiary/aromatic N) is 1. The van der Waals surface area contributed by atoms with Gasteiger partial charge in [-0.2, -0.15) is 0 Å². The largest absolute Gasteiger partial charge is 0.396 e. The molecule has 0 aliphatic heterocycles. The Hall–Kier alpha value is -1.35. The lowest BCUT2D eigenvalue weighted by Crippen LogP contribution is -2.38. The number of aliphatic hydroxyl groups is 1. The molecule has 0 aliphatic rings. The van der Waals surface area contributed by atoms with Gasteiger partial charge in [-0.3, -0.25) is 9.79 Å². The Kier molecular flexibility index (Phi) is 12.3. The summed E-state index contributed by atoms with van der Waals surface area (Å²) in [6.45, 7) is 6.19. The molecule has 1 aromatic rings. The normalized spacial score (nSPS) is 12.1. The van der Waals surface area contributed by atoms with E-state index < -0.39 is 0 Å². The van der Waals surface area contributed by atoms with E-state index in [1.54, 1.807) is 13.1 Å². The molecule has 1 rings (SSSR count). The number of carbonyl (C=O) groups excluding carboxylic acids is 1. The lowest BCUT2D eigenvalue weighted by Gasteiger charge is -2.12. The number of halogens is 1. The second-order valence-corrected chi connectivity index (χ2v) is 5.46. The number of rotatable bonds is 8. The number of guanidine groups is 1. The zero-order valence-electron chi connectivity index (χ0n) is 14.6. The minimum atomic E-state index is -0.0762. The molecule has 1 aromatic carbocycles. The van der Waals surface area contributed by atoms with Crippen LogP contribution in [0.4, 0.5) is 0 Å². The predicted molar refractivity (Wildman–Crippen MR) is 109 cm³/mol. The van der Waals surface area contributed by atoms with Crippen LogP contribution in [0.5, 0.6) is 0 Å². The molecule has 24 heavy (non-hydrogen) atoms. The second kappa shape index (κ2) is 13.0. The Balaban J connectivity index is 0.00000529. The number of carbonyl (C=O) groups is 1. The van der Waals surface area contributed by atoms with E-state index >= 15 is 0 Å². The van der Waals surface area contributed by atoms with Crippen LogP contribution in [0.15, 0.2) is 29.3 Å². The summed E-state index contributed by atoms with van der Waals surface area (Å²) >= 11 is 0. The number of nitrogens with one attached hydrogen (secondary N) is 3. The SMILES string of the molecule is CCNC(=NCC(C)CO)NCCc1cccc(C(=O)NC)c1.I. The molecule has 7 heteroatoms. The molecule has 0 saturated heterocycles. The summed E-state index contributed by atoms with van der Waals surface area (Å²) < 4.78 is 0.